The van der Waals surface area contributed by atoms with Crippen molar-refractivity contribution in [2.75, 3.05) is 20.1 Å². The average molecular weight is 211 g/mol. The normalized spacial score (nSPS) is 19.7. The molecule has 0 radical (unpaired) electrons. The highest BCUT2D eigenvalue weighted by atomic mass is 16.3. The molecular formula is C13H25NO. The molecule has 1 aliphatic carbocycles. The van der Waals surface area contributed by atoms with Gasteiger partial charge in [0, 0.05) is 13.1 Å². The highest BCUT2D eigenvalue weighted by Gasteiger charge is 2.17. The molecule has 2 nitrogen and oxygen atoms in total. The molecule has 0 amide bonds. The third-order valence-electron chi connectivity index (χ3n) is 3.27. The SMILES string of the molecule is C=CCCC(O)CN(C)CC1CCCC1. The average Bonchev–Trinajstić information content (AvgIpc) is 2.67. The van der Waals surface area contributed by atoms with E-state index in [9.17, 15) is 5.11 Å². The Morgan fingerprint density at radius 2 is 2.13 bits per heavy atom. The van der Waals surface area contributed by atoms with Crippen molar-refractivity contribution in [3.05, 3.63) is 12.7 Å². The van der Waals surface area contributed by atoms with E-state index in [-0.39, 0.29) is 6.10 Å². The molecule has 15 heavy (non-hydrogen) atoms. The van der Waals surface area contributed by atoms with E-state index in [1.54, 1.807) is 0 Å². The molecule has 1 aliphatic rings. The zero-order chi connectivity index (χ0) is 11.1. The van der Waals surface area contributed by atoms with E-state index in [0.717, 1.165) is 31.8 Å². The van der Waals surface area contributed by atoms with Crippen LogP contribution in [0.1, 0.15) is 38.5 Å². The lowest BCUT2D eigenvalue weighted by atomic mass is 10.1. The number of rotatable bonds is 7. The van der Waals surface area contributed by atoms with Crippen LogP contribution in [0.15, 0.2) is 12.7 Å². The van der Waals surface area contributed by atoms with Crippen LogP contribution in [-0.2, 0) is 0 Å². The van der Waals surface area contributed by atoms with Crippen molar-refractivity contribution < 1.29 is 5.11 Å². The zero-order valence-corrected chi connectivity index (χ0v) is 9.99. The van der Waals surface area contributed by atoms with Gasteiger partial charge in [-0.3, -0.25) is 0 Å². The highest BCUT2D eigenvalue weighted by molar-refractivity contribution is 4.74. The number of hydrogen-bond donors (Lipinski definition) is 1. The minimum Gasteiger partial charge on any atom is -0.392 e. The van der Waals surface area contributed by atoms with Crippen LogP contribution < -0.4 is 0 Å². The molecule has 1 atom stereocenters. The Morgan fingerprint density at radius 3 is 2.73 bits per heavy atom. The van der Waals surface area contributed by atoms with Gasteiger partial charge in [-0.1, -0.05) is 18.9 Å². The lowest BCUT2D eigenvalue weighted by Crippen LogP contribution is -2.32. The minimum absolute atomic E-state index is 0.186. The van der Waals surface area contributed by atoms with Gasteiger partial charge < -0.3 is 10.0 Å². The maximum absolute atomic E-state index is 9.74. The number of allylic oxidation sites excluding steroid dienone is 1. The Balaban J connectivity index is 2.10. The molecule has 1 saturated carbocycles. The second-order valence-corrected chi connectivity index (χ2v) is 4.89. The second kappa shape index (κ2) is 7.02. The van der Waals surface area contributed by atoms with E-state index in [2.05, 4.69) is 18.5 Å². The zero-order valence-electron chi connectivity index (χ0n) is 9.99. The van der Waals surface area contributed by atoms with E-state index >= 15 is 0 Å². The van der Waals surface area contributed by atoms with Crippen LogP contribution in [0.2, 0.25) is 0 Å². The molecule has 88 valence electrons. The summed E-state index contributed by atoms with van der Waals surface area (Å²) < 4.78 is 0. The van der Waals surface area contributed by atoms with E-state index in [1.807, 2.05) is 6.08 Å². The number of aliphatic hydroxyl groups is 1. The third kappa shape index (κ3) is 5.33. The Bertz CT molecular complexity index is 175. The van der Waals surface area contributed by atoms with Gasteiger partial charge in [0.1, 0.15) is 0 Å². The van der Waals surface area contributed by atoms with Gasteiger partial charge in [-0.15, -0.1) is 6.58 Å². The van der Waals surface area contributed by atoms with Crippen LogP contribution in [0, 0.1) is 5.92 Å². The van der Waals surface area contributed by atoms with Crippen molar-refractivity contribution in [3.8, 4) is 0 Å². The number of nitrogens with zero attached hydrogens (tertiary/aromatic N) is 1. The van der Waals surface area contributed by atoms with Crippen LogP contribution in [0.5, 0.6) is 0 Å². The summed E-state index contributed by atoms with van der Waals surface area (Å²) in [6.45, 7) is 5.64. The molecule has 0 saturated heterocycles. The van der Waals surface area contributed by atoms with E-state index in [1.165, 1.54) is 25.7 Å². The quantitative estimate of drug-likeness (QED) is 0.654. The first-order valence-electron chi connectivity index (χ1n) is 6.20. The standard InChI is InChI=1S/C13H25NO/c1-3-4-9-13(15)11-14(2)10-12-7-5-6-8-12/h3,12-13,15H,1,4-11H2,2H3. The van der Waals surface area contributed by atoms with Crippen LogP contribution in [0.25, 0.3) is 0 Å². The predicted molar refractivity (Wildman–Crippen MR) is 64.9 cm³/mol. The van der Waals surface area contributed by atoms with Crippen LogP contribution in [-0.4, -0.2) is 36.2 Å². The van der Waals surface area contributed by atoms with E-state index in [4.69, 9.17) is 0 Å². The summed E-state index contributed by atoms with van der Waals surface area (Å²) in [6, 6.07) is 0. The first kappa shape index (κ1) is 12.7. The fraction of sp³-hybridized carbons (Fsp3) is 0.846. The molecule has 0 aliphatic heterocycles. The third-order valence-corrected chi connectivity index (χ3v) is 3.27. The Morgan fingerprint density at radius 1 is 1.47 bits per heavy atom. The van der Waals surface area contributed by atoms with E-state index in [0.29, 0.717) is 0 Å². The predicted octanol–water partition coefficient (Wildman–Crippen LogP) is 2.44. The summed E-state index contributed by atoms with van der Waals surface area (Å²) in [5.41, 5.74) is 0. The molecule has 0 heterocycles. The van der Waals surface area contributed by atoms with Crippen molar-refractivity contribution in [2.24, 2.45) is 5.92 Å². The van der Waals surface area contributed by atoms with Gasteiger partial charge >= 0.3 is 0 Å². The van der Waals surface area contributed by atoms with Gasteiger partial charge in [0.15, 0.2) is 0 Å². The molecule has 1 rings (SSSR count). The molecule has 1 fully saturated rings. The fourth-order valence-electron chi connectivity index (χ4n) is 2.47. The molecule has 0 bridgehead atoms. The Kier molecular flexibility index (Phi) is 5.96. The van der Waals surface area contributed by atoms with Gasteiger partial charge in [0.25, 0.3) is 0 Å². The number of hydrogen-bond acceptors (Lipinski definition) is 2. The smallest absolute Gasteiger partial charge is 0.0670 e. The maximum atomic E-state index is 9.74. The van der Waals surface area contributed by atoms with Crippen molar-refractivity contribution in [2.45, 2.75) is 44.6 Å². The molecular weight excluding hydrogens is 186 g/mol. The van der Waals surface area contributed by atoms with Crippen LogP contribution >= 0.6 is 0 Å². The van der Waals surface area contributed by atoms with E-state index < -0.39 is 0 Å². The van der Waals surface area contributed by atoms with Gasteiger partial charge in [-0.25, -0.2) is 0 Å². The Hall–Kier alpha value is -0.340. The Labute approximate surface area is 94.0 Å². The first-order valence-corrected chi connectivity index (χ1v) is 6.20. The van der Waals surface area contributed by atoms with Gasteiger partial charge in [-0.2, -0.15) is 0 Å². The topological polar surface area (TPSA) is 23.5 Å². The fourth-order valence-corrected chi connectivity index (χ4v) is 2.47. The largest absolute Gasteiger partial charge is 0.392 e. The van der Waals surface area contributed by atoms with Crippen molar-refractivity contribution in [1.29, 1.82) is 0 Å². The summed E-state index contributed by atoms with van der Waals surface area (Å²) in [5, 5.41) is 9.74. The molecule has 2 heteroatoms. The van der Waals surface area contributed by atoms with Crippen molar-refractivity contribution in [1.82, 2.24) is 4.90 Å². The lowest BCUT2D eigenvalue weighted by Gasteiger charge is -2.23. The summed E-state index contributed by atoms with van der Waals surface area (Å²) >= 11 is 0. The molecule has 0 aromatic carbocycles. The summed E-state index contributed by atoms with van der Waals surface area (Å²) in [5.74, 6) is 0.876. The van der Waals surface area contributed by atoms with Crippen molar-refractivity contribution >= 4 is 0 Å². The molecule has 1 N–H and O–H groups in total. The molecule has 0 aromatic rings. The maximum Gasteiger partial charge on any atom is 0.0670 e. The second-order valence-electron chi connectivity index (χ2n) is 4.89. The van der Waals surface area contributed by atoms with Gasteiger partial charge in [0.05, 0.1) is 6.10 Å². The number of likely N-dealkylation sites (N-methyl/N-ethyl adjacent to an activating group) is 1. The van der Waals surface area contributed by atoms with Crippen LogP contribution in [0.4, 0.5) is 0 Å². The monoisotopic (exact) mass is 211 g/mol. The molecule has 0 spiro atoms. The summed E-state index contributed by atoms with van der Waals surface area (Å²) in [6.07, 6.45) is 9.02. The first-order chi connectivity index (χ1) is 7.22. The molecule has 1 unspecified atom stereocenters. The molecule has 0 aromatic heterocycles. The van der Waals surface area contributed by atoms with Gasteiger partial charge in [0.2, 0.25) is 0 Å². The number of aliphatic hydroxyl groups excluding tert-OH is 1. The van der Waals surface area contributed by atoms with Crippen LogP contribution in [0.3, 0.4) is 0 Å². The lowest BCUT2D eigenvalue weighted by molar-refractivity contribution is 0.111. The van der Waals surface area contributed by atoms with Crippen molar-refractivity contribution in [3.63, 3.8) is 0 Å². The minimum atomic E-state index is -0.186. The van der Waals surface area contributed by atoms with Gasteiger partial charge in [-0.05, 0) is 38.6 Å². The summed E-state index contributed by atoms with van der Waals surface area (Å²) in [7, 11) is 2.12. The summed E-state index contributed by atoms with van der Waals surface area (Å²) in [4.78, 5) is 2.28. The highest BCUT2D eigenvalue weighted by Crippen LogP contribution is 2.25.